The monoisotopic (exact) mass is 594 g/mol. The number of aryl methyl sites for hydroxylation is 1. The molecule has 3 heterocycles. The molecule has 4 N–H and O–H groups in total. The van der Waals surface area contributed by atoms with E-state index < -0.39 is 0 Å². The maximum absolute atomic E-state index is 12.3. The number of nitrogen functional groups attached to an aromatic ring is 1. The van der Waals surface area contributed by atoms with Crippen LogP contribution >= 0.6 is 24.2 Å². The second-order valence-corrected chi connectivity index (χ2v) is 10.6. The van der Waals surface area contributed by atoms with E-state index in [1.165, 1.54) is 37.9 Å². The highest BCUT2D eigenvalue weighted by Gasteiger charge is 2.15. The number of amides is 2. The van der Waals surface area contributed by atoms with Crippen molar-refractivity contribution in [3.8, 4) is 17.3 Å². The van der Waals surface area contributed by atoms with Gasteiger partial charge in [0.15, 0.2) is 5.16 Å². The van der Waals surface area contributed by atoms with Gasteiger partial charge in [0, 0.05) is 49.1 Å². The van der Waals surface area contributed by atoms with Gasteiger partial charge in [-0.2, -0.15) is 5.26 Å². The van der Waals surface area contributed by atoms with Crippen molar-refractivity contribution in [2.24, 2.45) is 0 Å². The highest BCUT2D eigenvalue weighted by molar-refractivity contribution is 7.98. The number of aromatic nitrogens is 3. The molecule has 216 valence electrons. The van der Waals surface area contributed by atoms with Crippen molar-refractivity contribution in [2.45, 2.75) is 49.9 Å². The Bertz CT molecular complexity index is 1370. The van der Waals surface area contributed by atoms with Crippen LogP contribution < -0.4 is 16.4 Å². The maximum Gasteiger partial charge on any atom is 0.221 e. The van der Waals surface area contributed by atoms with Crippen LogP contribution in [0.3, 0.4) is 0 Å². The number of anilines is 2. The highest BCUT2D eigenvalue weighted by atomic mass is 35.5. The quantitative estimate of drug-likeness (QED) is 0.219. The minimum atomic E-state index is -0.167. The summed E-state index contributed by atoms with van der Waals surface area (Å²) in [6.07, 6.45) is 4.75. The van der Waals surface area contributed by atoms with Gasteiger partial charge in [-0.05, 0) is 56.6 Å². The molecule has 1 aliphatic heterocycles. The SMILES string of the molecule is CC(=O)Nc1ccc(-c2nc(SCc3cccc(CCC(=O)NCCN4CCCCC4)n3)nc(N)c2C#N)cc1.Cl. The Hall–Kier alpha value is -3.72. The third kappa shape index (κ3) is 9.70. The first-order valence-electron chi connectivity index (χ1n) is 13.4. The van der Waals surface area contributed by atoms with Crippen LogP contribution in [0.15, 0.2) is 47.6 Å². The number of piperidine rings is 1. The molecule has 0 radical (unpaired) electrons. The molecule has 0 saturated carbocycles. The maximum atomic E-state index is 12.3. The first kappa shape index (κ1) is 31.8. The molecular formula is C29H35ClN8O2S. The fourth-order valence-corrected chi connectivity index (χ4v) is 5.27. The van der Waals surface area contributed by atoms with E-state index >= 15 is 0 Å². The van der Waals surface area contributed by atoms with Crippen LogP contribution in [0.2, 0.25) is 0 Å². The summed E-state index contributed by atoms with van der Waals surface area (Å²) in [5.41, 5.74) is 9.76. The van der Waals surface area contributed by atoms with Crippen molar-refractivity contribution >= 4 is 47.5 Å². The van der Waals surface area contributed by atoms with Gasteiger partial charge in [-0.15, -0.1) is 12.4 Å². The molecule has 0 spiro atoms. The molecule has 41 heavy (non-hydrogen) atoms. The van der Waals surface area contributed by atoms with Gasteiger partial charge < -0.3 is 21.3 Å². The zero-order valence-corrected chi connectivity index (χ0v) is 24.7. The molecular weight excluding hydrogens is 560 g/mol. The average Bonchev–Trinajstić information content (AvgIpc) is 2.95. The van der Waals surface area contributed by atoms with Crippen LogP contribution in [0, 0.1) is 11.3 Å². The lowest BCUT2D eigenvalue weighted by atomic mass is 10.1. The standard InChI is InChI=1S/C29H34N8O2S.ClH/c1-20(38)33-23-10-8-21(9-11-23)27-25(18-30)28(31)36-29(35-27)40-19-24-7-5-6-22(34-24)12-13-26(39)32-14-17-37-15-3-2-4-16-37;/h5-11H,2-4,12-17,19H2,1H3,(H,32,39)(H,33,38)(H2,31,35,36);1H. The Balaban J connectivity index is 0.00000462. The van der Waals surface area contributed by atoms with Crippen LogP contribution in [0.1, 0.15) is 49.6 Å². The normalized spacial score (nSPS) is 13.1. The summed E-state index contributed by atoms with van der Waals surface area (Å²) in [5.74, 6) is 0.480. The molecule has 10 nitrogen and oxygen atoms in total. The Morgan fingerprint density at radius 3 is 2.49 bits per heavy atom. The van der Waals surface area contributed by atoms with E-state index in [-0.39, 0.29) is 35.6 Å². The van der Waals surface area contributed by atoms with Crippen molar-refractivity contribution in [1.82, 2.24) is 25.2 Å². The first-order chi connectivity index (χ1) is 19.4. The van der Waals surface area contributed by atoms with Crippen molar-refractivity contribution in [3.63, 3.8) is 0 Å². The Morgan fingerprint density at radius 2 is 1.78 bits per heavy atom. The summed E-state index contributed by atoms with van der Waals surface area (Å²) < 4.78 is 0. The van der Waals surface area contributed by atoms with Crippen LogP contribution in [-0.4, -0.2) is 57.8 Å². The number of nitrogens with two attached hydrogens (primary N) is 1. The van der Waals surface area contributed by atoms with Crippen molar-refractivity contribution in [1.29, 1.82) is 5.26 Å². The Morgan fingerprint density at radius 1 is 1.05 bits per heavy atom. The number of nitrogens with one attached hydrogen (secondary N) is 2. The van der Waals surface area contributed by atoms with Gasteiger partial charge in [0.1, 0.15) is 17.5 Å². The van der Waals surface area contributed by atoms with Crippen LogP contribution in [0.5, 0.6) is 0 Å². The lowest BCUT2D eigenvalue weighted by Crippen LogP contribution is -2.37. The number of thioether (sulfide) groups is 1. The van der Waals surface area contributed by atoms with Crippen molar-refractivity contribution < 1.29 is 9.59 Å². The van der Waals surface area contributed by atoms with E-state index in [0.717, 1.165) is 31.0 Å². The number of likely N-dealkylation sites (tertiary alicyclic amines) is 1. The molecule has 12 heteroatoms. The van der Waals surface area contributed by atoms with Gasteiger partial charge in [0.25, 0.3) is 0 Å². The zero-order chi connectivity index (χ0) is 28.3. The number of carbonyl (C=O) groups excluding carboxylic acids is 2. The van der Waals surface area contributed by atoms with E-state index in [2.05, 4.69) is 31.6 Å². The number of halogens is 1. The van der Waals surface area contributed by atoms with Gasteiger partial charge in [0.05, 0.1) is 11.4 Å². The number of carbonyl (C=O) groups is 2. The number of hydrogen-bond donors (Lipinski definition) is 3. The molecule has 0 atom stereocenters. The van der Waals surface area contributed by atoms with E-state index in [4.69, 9.17) is 10.7 Å². The van der Waals surface area contributed by atoms with E-state index in [1.807, 2.05) is 18.2 Å². The topological polar surface area (TPSA) is 150 Å². The summed E-state index contributed by atoms with van der Waals surface area (Å²) in [5, 5.41) is 15.8. The Labute approximate surface area is 250 Å². The molecule has 4 rings (SSSR count). The molecule has 1 fully saturated rings. The minimum absolute atomic E-state index is 0. The smallest absolute Gasteiger partial charge is 0.221 e. The molecule has 3 aromatic rings. The summed E-state index contributed by atoms with van der Waals surface area (Å²) in [6, 6.07) is 14.9. The van der Waals surface area contributed by atoms with Crippen LogP contribution in [0.4, 0.5) is 11.5 Å². The van der Waals surface area contributed by atoms with Crippen LogP contribution in [0.25, 0.3) is 11.3 Å². The summed E-state index contributed by atoms with van der Waals surface area (Å²) in [7, 11) is 0. The molecule has 1 aromatic carbocycles. The van der Waals surface area contributed by atoms with E-state index in [1.54, 1.807) is 24.3 Å². The number of rotatable bonds is 11. The largest absolute Gasteiger partial charge is 0.382 e. The van der Waals surface area contributed by atoms with Gasteiger partial charge in [0.2, 0.25) is 11.8 Å². The van der Waals surface area contributed by atoms with E-state index in [0.29, 0.717) is 47.2 Å². The summed E-state index contributed by atoms with van der Waals surface area (Å²) in [6.45, 7) is 5.27. The molecule has 2 aromatic heterocycles. The number of nitriles is 1. The predicted molar refractivity (Wildman–Crippen MR) is 164 cm³/mol. The second kappa shape index (κ2) is 15.9. The third-order valence-corrected chi connectivity index (χ3v) is 7.41. The van der Waals surface area contributed by atoms with Crippen LogP contribution in [-0.2, 0) is 21.8 Å². The lowest BCUT2D eigenvalue weighted by Gasteiger charge is -2.26. The predicted octanol–water partition coefficient (Wildman–Crippen LogP) is 4.20. The molecule has 1 aliphatic rings. The molecule has 2 amide bonds. The van der Waals surface area contributed by atoms with Gasteiger partial charge in [-0.25, -0.2) is 9.97 Å². The average molecular weight is 595 g/mol. The number of pyridine rings is 1. The molecule has 1 saturated heterocycles. The van der Waals surface area contributed by atoms with Crippen molar-refractivity contribution in [3.05, 3.63) is 59.4 Å². The highest BCUT2D eigenvalue weighted by Crippen LogP contribution is 2.29. The molecule has 0 unspecified atom stereocenters. The molecule has 0 aliphatic carbocycles. The Kier molecular flexibility index (Phi) is 12.3. The fourth-order valence-electron chi connectivity index (χ4n) is 4.51. The minimum Gasteiger partial charge on any atom is -0.382 e. The first-order valence-corrected chi connectivity index (χ1v) is 14.4. The van der Waals surface area contributed by atoms with Gasteiger partial charge >= 0.3 is 0 Å². The number of hydrogen-bond acceptors (Lipinski definition) is 9. The van der Waals surface area contributed by atoms with Gasteiger partial charge in [-0.3, -0.25) is 14.6 Å². The molecule has 0 bridgehead atoms. The van der Waals surface area contributed by atoms with E-state index in [9.17, 15) is 14.9 Å². The van der Waals surface area contributed by atoms with Crippen molar-refractivity contribution in [2.75, 3.05) is 37.2 Å². The third-order valence-electron chi connectivity index (χ3n) is 6.53. The number of benzene rings is 1. The number of nitrogens with zero attached hydrogens (tertiary/aromatic N) is 5. The lowest BCUT2D eigenvalue weighted by molar-refractivity contribution is -0.121. The summed E-state index contributed by atoms with van der Waals surface area (Å²) >= 11 is 1.37. The fraction of sp³-hybridized carbons (Fsp3) is 0.379. The second-order valence-electron chi connectivity index (χ2n) is 9.65. The van der Waals surface area contributed by atoms with Gasteiger partial charge in [-0.1, -0.05) is 36.4 Å². The zero-order valence-electron chi connectivity index (χ0n) is 23.1. The summed E-state index contributed by atoms with van der Waals surface area (Å²) in [4.78, 5) is 39.6.